The van der Waals surface area contributed by atoms with Crippen molar-refractivity contribution in [3.8, 4) is 11.5 Å². The number of hydrogen-bond donors (Lipinski definition) is 1. The van der Waals surface area contributed by atoms with E-state index in [2.05, 4.69) is 33.2 Å². The van der Waals surface area contributed by atoms with Gasteiger partial charge in [-0.3, -0.25) is 4.79 Å². The number of methoxy groups -OCH3 is 1. The third-order valence-corrected chi connectivity index (χ3v) is 6.57. The van der Waals surface area contributed by atoms with Gasteiger partial charge in [0.25, 0.3) is 5.91 Å². The highest BCUT2D eigenvalue weighted by Crippen LogP contribution is 2.38. The predicted molar refractivity (Wildman–Crippen MR) is 138 cm³/mol. The van der Waals surface area contributed by atoms with Crippen molar-refractivity contribution in [3.05, 3.63) is 92.5 Å². The number of ether oxygens (including phenoxy) is 2. The highest BCUT2D eigenvalue weighted by atomic mass is 79.9. The maximum absolute atomic E-state index is 13.1. The maximum atomic E-state index is 13.1. The van der Waals surface area contributed by atoms with Gasteiger partial charge in [0.1, 0.15) is 12.4 Å². The third kappa shape index (κ3) is 5.87. The normalized spacial score (nSPS) is 15.6. The van der Waals surface area contributed by atoms with E-state index in [0.29, 0.717) is 26.0 Å². The molecule has 5 nitrogen and oxygen atoms in total. The molecule has 1 aliphatic rings. The van der Waals surface area contributed by atoms with E-state index in [0.717, 1.165) is 23.2 Å². The monoisotopic (exact) mass is 540 g/mol. The lowest BCUT2D eigenvalue weighted by atomic mass is 10.1. The van der Waals surface area contributed by atoms with E-state index in [-0.39, 0.29) is 18.3 Å². The Kier molecular flexibility index (Phi) is 7.70. The van der Waals surface area contributed by atoms with Crippen molar-refractivity contribution in [3.63, 3.8) is 0 Å². The van der Waals surface area contributed by atoms with Crippen LogP contribution < -0.4 is 14.8 Å². The van der Waals surface area contributed by atoms with E-state index in [1.807, 2.05) is 30.3 Å². The average Bonchev–Trinajstić information content (AvgIpc) is 3.17. The summed E-state index contributed by atoms with van der Waals surface area (Å²) in [6, 6.07) is 17.7. The lowest BCUT2D eigenvalue weighted by Crippen LogP contribution is -2.19. The quantitative estimate of drug-likeness (QED) is 0.341. The van der Waals surface area contributed by atoms with E-state index in [1.165, 1.54) is 29.5 Å². The largest absolute Gasteiger partial charge is 0.493 e. The molecule has 1 fully saturated rings. The molecule has 34 heavy (non-hydrogen) atoms. The zero-order chi connectivity index (χ0) is 24.1. The van der Waals surface area contributed by atoms with Gasteiger partial charge in [0.05, 0.1) is 22.2 Å². The first kappa shape index (κ1) is 24.0. The second-order valence-corrected chi connectivity index (χ2v) is 9.34. The summed E-state index contributed by atoms with van der Waals surface area (Å²) in [5.74, 6) is 0.531. The lowest BCUT2D eigenvalue weighted by Gasteiger charge is -2.14. The van der Waals surface area contributed by atoms with Crippen molar-refractivity contribution >= 4 is 50.5 Å². The van der Waals surface area contributed by atoms with Crippen LogP contribution >= 0.6 is 27.7 Å². The molecule has 1 amide bonds. The molecule has 0 atom stereocenters. The molecule has 8 heteroatoms. The van der Waals surface area contributed by atoms with Gasteiger partial charge in [0.15, 0.2) is 16.7 Å². The Morgan fingerprint density at radius 1 is 1.09 bits per heavy atom. The molecular formula is C26H22BrFN2O3S. The smallest absolute Gasteiger partial charge is 0.264 e. The molecule has 0 bridgehead atoms. The summed E-state index contributed by atoms with van der Waals surface area (Å²) in [5, 5.41) is 3.34. The van der Waals surface area contributed by atoms with Crippen LogP contribution in [0, 0.1) is 5.82 Å². The summed E-state index contributed by atoms with van der Waals surface area (Å²) in [7, 11) is 1.55. The number of carbonyl (C=O) groups is 1. The van der Waals surface area contributed by atoms with E-state index < -0.39 is 0 Å². The zero-order valence-electron chi connectivity index (χ0n) is 18.6. The molecule has 0 saturated carbocycles. The van der Waals surface area contributed by atoms with Gasteiger partial charge in [-0.2, -0.15) is 0 Å². The first-order valence-electron chi connectivity index (χ1n) is 10.6. The predicted octanol–water partition coefficient (Wildman–Crippen LogP) is 6.63. The molecule has 0 spiro atoms. The average molecular weight is 541 g/mol. The summed E-state index contributed by atoms with van der Waals surface area (Å²) < 4.78 is 25.2. The SMILES string of the molecule is CCc1ccc(N=C2NC(=O)/C(=C/c3cc(Br)c(OCc4ccc(F)cc4)c(OC)c3)S2)cc1. The molecule has 4 rings (SSSR count). The minimum atomic E-state index is -0.295. The van der Waals surface area contributed by atoms with Crippen molar-refractivity contribution in [2.75, 3.05) is 7.11 Å². The molecule has 0 radical (unpaired) electrons. The number of hydrogen-bond acceptors (Lipinski definition) is 5. The van der Waals surface area contributed by atoms with Gasteiger partial charge >= 0.3 is 0 Å². The fourth-order valence-corrected chi connectivity index (χ4v) is 4.67. The van der Waals surface area contributed by atoms with Gasteiger partial charge in [-0.25, -0.2) is 9.38 Å². The molecule has 1 saturated heterocycles. The number of carbonyl (C=O) groups excluding carboxylic acids is 1. The Morgan fingerprint density at radius 3 is 2.47 bits per heavy atom. The Balaban J connectivity index is 1.51. The number of rotatable bonds is 7. The van der Waals surface area contributed by atoms with Crippen LogP contribution in [0.25, 0.3) is 6.08 Å². The Bertz CT molecular complexity index is 1260. The molecule has 3 aromatic carbocycles. The number of nitrogens with one attached hydrogen (secondary N) is 1. The fraction of sp³-hybridized carbons (Fsp3) is 0.154. The van der Waals surface area contributed by atoms with Crippen LogP contribution in [-0.4, -0.2) is 18.2 Å². The first-order chi connectivity index (χ1) is 16.4. The Hall–Kier alpha value is -3.10. The summed E-state index contributed by atoms with van der Waals surface area (Å²) >= 11 is 4.81. The molecule has 0 unspecified atom stereocenters. The van der Waals surface area contributed by atoms with Crippen molar-refractivity contribution in [2.24, 2.45) is 4.99 Å². The van der Waals surface area contributed by atoms with Gasteiger partial charge in [0, 0.05) is 0 Å². The van der Waals surface area contributed by atoms with E-state index in [1.54, 1.807) is 31.4 Å². The topological polar surface area (TPSA) is 59.9 Å². The minimum absolute atomic E-state index is 0.208. The summed E-state index contributed by atoms with van der Waals surface area (Å²) in [5.41, 5.74) is 3.62. The molecule has 3 aromatic rings. The first-order valence-corrected chi connectivity index (χ1v) is 12.2. The van der Waals surface area contributed by atoms with E-state index >= 15 is 0 Å². The Morgan fingerprint density at radius 2 is 1.79 bits per heavy atom. The van der Waals surface area contributed by atoms with Crippen molar-refractivity contribution in [1.29, 1.82) is 0 Å². The third-order valence-electron chi connectivity index (χ3n) is 5.07. The van der Waals surface area contributed by atoms with Crippen molar-refractivity contribution in [2.45, 2.75) is 20.0 Å². The molecule has 0 aromatic heterocycles. The van der Waals surface area contributed by atoms with Crippen LogP contribution in [-0.2, 0) is 17.8 Å². The fourth-order valence-electron chi connectivity index (χ4n) is 3.25. The van der Waals surface area contributed by atoms with Crippen molar-refractivity contribution < 1.29 is 18.7 Å². The lowest BCUT2D eigenvalue weighted by molar-refractivity contribution is -0.115. The van der Waals surface area contributed by atoms with Crippen LogP contribution in [0.2, 0.25) is 0 Å². The Labute approximate surface area is 210 Å². The number of amides is 1. The second-order valence-electron chi connectivity index (χ2n) is 7.45. The summed E-state index contributed by atoms with van der Waals surface area (Å²) in [4.78, 5) is 17.5. The number of thioether (sulfide) groups is 1. The number of aliphatic imine (C=N–C) groups is 1. The maximum Gasteiger partial charge on any atom is 0.264 e. The molecule has 1 heterocycles. The number of nitrogens with zero attached hydrogens (tertiary/aromatic N) is 1. The van der Waals surface area contributed by atoms with E-state index in [9.17, 15) is 9.18 Å². The molecule has 174 valence electrons. The summed E-state index contributed by atoms with van der Waals surface area (Å²) in [6.45, 7) is 2.36. The molecule has 1 aliphatic heterocycles. The molecule has 0 aliphatic carbocycles. The number of aryl methyl sites for hydroxylation is 1. The van der Waals surface area contributed by atoms with Crippen LogP contribution in [0.3, 0.4) is 0 Å². The van der Waals surface area contributed by atoms with Gasteiger partial charge in [-0.15, -0.1) is 0 Å². The second kappa shape index (κ2) is 10.9. The standard InChI is InChI=1S/C26H22BrFN2O3S/c1-3-16-6-10-20(11-7-16)29-26-30-25(31)23(34-26)14-18-12-21(27)24(22(13-18)32-2)33-15-17-4-8-19(28)9-5-17/h4-14H,3,15H2,1-2H3,(H,29,30,31)/b23-14-. The van der Waals surface area contributed by atoms with Crippen LogP contribution in [0.15, 0.2) is 75.0 Å². The summed E-state index contributed by atoms with van der Waals surface area (Å²) in [6.07, 6.45) is 2.74. The molecule has 1 N–H and O–H groups in total. The highest BCUT2D eigenvalue weighted by Gasteiger charge is 2.24. The van der Waals surface area contributed by atoms with Crippen LogP contribution in [0.1, 0.15) is 23.6 Å². The van der Waals surface area contributed by atoms with Gasteiger partial charge < -0.3 is 14.8 Å². The van der Waals surface area contributed by atoms with Crippen molar-refractivity contribution in [1.82, 2.24) is 5.32 Å². The number of benzene rings is 3. The van der Waals surface area contributed by atoms with Crippen LogP contribution in [0.5, 0.6) is 11.5 Å². The molecular weight excluding hydrogens is 519 g/mol. The van der Waals surface area contributed by atoms with Gasteiger partial charge in [-0.05, 0) is 93.3 Å². The highest BCUT2D eigenvalue weighted by molar-refractivity contribution is 9.10. The van der Waals surface area contributed by atoms with E-state index in [4.69, 9.17) is 9.47 Å². The number of amidine groups is 1. The number of halogens is 2. The zero-order valence-corrected chi connectivity index (χ0v) is 21.0. The van der Waals surface area contributed by atoms with Gasteiger partial charge in [0.2, 0.25) is 0 Å². The minimum Gasteiger partial charge on any atom is -0.493 e. The van der Waals surface area contributed by atoms with Crippen LogP contribution in [0.4, 0.5) is 10.1 Å². The van der Waals surface area contributed by atoms with Gasteiger partial charge in [-0.1, -0.05) is 31.2 Å².